The van der Waals surface area contributed by atoms with Crippen molar-refractivity contribution >= 4 is 45.5 Å². The number of aliphatic hydroxyl groups is 1. The quantitative estimate of drug-likeness (QED) is 0.183. The van der Waals surface area contributed by atoms with Crippen LogP contribution < -0.4 is 15.7 Å². The third-order valence-corrected chi connectivity index (χ3v) is 8.42. The fraction of sp³-hybridized carbons (Fsp3) is 0.0270. The van der Waals surface area contributed by atoms with Crippen molar-refractivity contribution in [2.45, 2.75) is 6.92 Å². The number of para-hydroxylation sites is 3. The number of benzene rings is 5. The van der Waals surface area contributed by atoms with Gasteiger partial charge in [0, 0.05) is 16.5 Å². The maximum Gasteiger partial charge on any atom is 0.255 e. The molecule has 0 saturated heterocycles. The lowest BCUT2D eigenvalue weighted by atomic mass is 9.34. The van der Waals surface area contributed by atoms with Crippen LogP contribution in [0.1, 0.15) is 11.1 Å². The lowest BCUT2D eigenvalue weighted by Crippen LogP contribution is -2.49. The summed E-state index contributed by atoms with van der Waals surface area (Å²) < 4.78 is 8.89. The van der Waals surface area contributed by atoms with E-state index < -0.39 is 0 Å². The summed E-state index contributed by atoms with van der Waals surface area (Å²) in [6, 6.07) is 36.4. The zero-order valence-electron chi connectivity index (χ0n) is 22.6. The minimum absolute atomic E-state index is 0.107. The minimum atomic E-state index is -0.107. The normalized spacial score (nSPS) is 16.1. The first kappa shape index (κ1) is 23.7. The second kappa shape index (κ2) is 9.17. The highest BCUT2D eigenvalue weighted by Gasteiger charge is 2.35. The van der Waals surface area contributed by atoms with Crippen LogP contribution in [0, 0.1) is 6.92 Å². The van der Waals surface area contributed by atoms with Crippen LogP contribution in [-0.4, -0.2) is 16.4 Å². The smallest absolute Gasteiger partial charge is 0.255 e. The fourth-order valence-electron chi connectivity index (χ4n) is 6.59. The Morgan fingerprint density at radius 3 is 2.17 bits per heavy atom. The summed E-state index contributed by atoms with van der Waals surface area (Å²) in [6.45, 7) is 2.08. The summed E-state index contributed by atoms with van der Waals surface area (Å²) in [5.41, 5.74) is 11.1. The summed E-state index contributed by atoms with van der Waals surface area (Å²) in [7, 11) is 0. The molecule has 4 heteroatoms. The van der Waals surface area contributed by atoms with E-state index in [0.717, 1.165) is 44.6 Å². The van der Waals surface area contributed by atoms with E-state index in [9.17, 15) is 5.11 Å². The number of fused-ring (bicyclic) bond motifs is 5. The average molecular weight is 527 g/mol. The molecular weight excluding hydrogens is 501 g/mol. The Bertz CT molecular complexity index is 2060. The van der Waals surface area contributed by atoms with Crippen LogP contribution in [0.2, 0.25) is 0 Å². The SMILES string of the molecule is Cc1cc(-c2cc3c4c(c2)Oc2ccccc2B4C(=C\O)/C=C\C=C/3)ccc1-n1c2ccccc2c2ccccc21. The molecule has 0 saturated carbocycles. The highest BCUT2D eigenvalue weighted by Crippen LogP contribution is 2.37. The van der Waals surface area contributed by atoms with Crippen molar-refractivity contribution in [1.29, 1.82) is 0 Å². The molecule has 0 aliphatic carbocycles. The number of allylic oxidation sites excluding steroid dienone is 4. The molecule has 0 amide bonds. The van der Waals surface area contributed by atoms with Gasteiger partial charge >= 0.3 is 0 Å². The van der Waals surface area contributed by atoms with Crippen molar-refractivity contribution in [1.82, 2.24) is 4.57 Å². The number of aryl methyl sites for hydroxylation is 1. The van der Waals surface area contributed by atoms with Crippen LogP contribution in [0.4, 0.5) is 0 Å². The van der Waals surface area contributed by atoms with Crippen LogP contribution >= 0.6 is 0 Å². The van der Waals surface area contributed by atoms with Gasteiger partial charge in [-0.05, 0) is 88.0 Å². The molecule has 0 atom stereocenters. The van der Waals surface area contributed by atoms with Gasteiger partial charge in [0.15, 0.2) is 0 Å². The molecule has 0 fully saturated rings. The van der Waals surface area contributed by atoms with Crippen molar-refractivity contribution < 1.29 is 9.84 Å². The second-order valence-electron chi connectivity index (χ2n) is 10.8. The highest BCUT2D eigenvalue weighted by molar-refractivity contribution is 6.93. The van der Waals surface area contributed by atoms with Crippen LogP contribution in [0.5, 0.6) is 11.5 Å². The number of ether oxygens (including phenoxy) is 1. The number of hydrogen-bond acceptors (Lipinski definition) is 2. The minimum Gasteiger partial charge on any atom is -0.516 e. The number of hydrogen-bond donors (Lipinski definition) is 1. The van der Waals surface area contributed by atoms with Crippen molar-refractivity contribution in [2.75, 3.05) is 0 Å². The predicted molar refractivity (Wildman–Crippen MR) is 171 cm³/mol. The zero-order chi connectivity index (χ0) is 27.5. The van der Waals surface area contributed by atoms with Gasteiger partial charge in [0.1, 0.15) is 11.5 Å². The van der Waals surface area contributed by atoms with Gasteiger partial charge in [-0.3, -0.25) is 0 Å². The van der Waals surface area contributed by atoms with Gasteiger partial charge in [0.05, 0.1) is 17.3 Å². The van der Waals surface area contributed by atoms with Crippen molar-refractivity contribution in [3.8, 4) is 28.3 Å². The maximum atomic E-state index is 10.2. The summed E-state index contributed by atoms with van der Waals surface area (Å²) in [4.78, 5) is 0. The molecule has 1 N–H and O–H groups in total. The van der Waals surface area contributed by atoms with E-state index >= 15 is 0 Å². The van der Waals surface area contributed by atoms with E-state index in [1.807, 2.05) is 36.4 Å². The molecule has 3 nitrogen and oxygen atoms in total. The molecule has 0 radical (unpaired) electrons. The molecule has 0 spiro atoms. The largest absolute Gasteiger partial charge is 0.516 e. The molecule has 3 heterocycles. The first-order valence-corrected chi connectivity index (χ1v) is 13.9. The number of aliphatic hydroxyl groups excluding tert-OH is 1. The van der Waals surface area contributed by atoms with Gasteiger partial charge in [-0.15, -0.1) is 0 Å². The third-order valence-electron chi connectivity index (χ3n) is 8.42. The van der Waals surface area contributed by atoms with E-state index in [0.29, 0.717) is 0 Å². The Morgan fingerprint density at radius 2 is 1.41 bits per heavy atom. The van der Waals surface area contributed by atoms with Crippen molar-refractivity contribution in [3.05, 3.63) is 144 Å². The fourth-order valence-corrected chi connectivity index (χ4v) is 6.59. The Balaban J connectivity index is 1.30. The second-order valence-corrected chi connectivity index (χ2v) is 10.8. The summed E-state index contributed by atoms with van der Waals surface area (Å²) in [5, 5.41) is 12.7. The predicted octanol–water partition coefficient (Wildman–Crippen LogP) is 8.04. The molecule has 0 bridgehead atoms. The molecule has 0 unspecified atom stereocenters. The summed E-state index contributed by atoms with van der Waals surface area (Å²) in [6.07, 6.45) is 9.34. The molecule has 2 aliphatic rings. The van der Waals surface area contributed by atoms with E-state index in [4.69, 9.17) is 4.74 Å². The zero-order valence-corrected chi connectivity index (χ0v) is 22.6. The van der Waals surface area contributed by atoms with Crippen LogP contribution in [0.15, 0.2) is 133 Å². The number of nitrogens with zero attached hydrogens (tertiary/aromatic N) is 1. The summed E-state index contributed by atoms with van der Waals surface area (Å²) in [5.74, 6) is 1.65. The maximum absolute atomic E-state index is 10.2. The standard InChI is InChI=1S/C37H26BNO2/c1-24-20-25(18-19-32(24)39-33-15-7-4-12-29(33)30-13-5-8-16-34(30)39)27-21-26-10-2-3-11-28(23-40)38-31-14-6-9-17-35(31)41-36(22-27)37(26)38/h2-23,40H,1H3/b10-2-,11-3-,28-23-. The van der Waals surface area contributed by atoms with E-state index in [2.05, 4.69) is 102 Å². The van der Waals surface area contributed by atoms with Crippen molar-refractivity contribution in [3.63, 3.8) is 0 Å². The van der Waals surface area contributed by atoms with E-state index in [1.54, 1.807) is 0 Å². The van der Waals surface area contributed by atoms with Gasteiger partial charge in [-0.25, -0.2) is 0 Å². The van der Waals surface area contributed by atoms with E-state index in [-0.39, 0.29) is 6.71 Å². The molecule has 6 aromatic rings. The van der Waals surface area contributed by atoms with Gasteiger partial charge in [-0.2, -0.15) is 0 Å². The van der Waals surface area contributed by atoms with Crippen LogP contribution in [0.25, 0.3) is 44.7 Å². The topological polar surface area (TPSA) is 34.4 Å². The molecule has 5 aromatic carbocycles. The monoisotopic (exact) mass is 527 g/mol. The molecule has 41 heavy (non-hydrogen) atoms. The molecule has 2 aliphatic heterocycles. The Morgan fingerprint density at radius 1 is 0.707 bits per heavy atom. The molecule has 1 aromatic heterocycles. The van der Waals surface area contributed by atoms with E-state index in [1.165, 1.54) is 39.3 Å². The highest BCUT2D eigenvalue weighted by atomic mass is 16.5. The molecular formula is C37H26BNO2. The number of aromatic nitrogens is 1. The first-order chi connectivity index (χ1) is 20.2. The van der Waals surface area contributed by atoms with Gasteiger partial charge in [0.25, 0.3) is 6.71 Å². The van der Waals surface area contributed by atoms with Gasteiger partial charge in [-0.1, -0.05) is 85.0 Å². The Kier molecular flexibility index (Phi) is 5.29. The third kappa shape index (κ3) is 3.61. The number of rotatable bonds is 2. The lowest BCUT2D eigenvalue weighted by Gasteiger charge is -2.29. The van der Waals surface area contributed by atoms with Gasteiger partial charge in [0.2, 0.25) is 0 Å². The Labute approximate surface area is 239 Å². The molecule has 194 valence electrons. The summed E-state index contributed by atoms with van der Waals surface area (Å²) >= 11 is 0. The van der Waals surface area contributed by atoms with Crippen LogP contribution in [-0.2, 0) is 0 Å². The van der Waals surface area contributed by atoms with Gasteiger partial charge < -0.3 is 14.4 Å². The first-order valence-electron chi connectivity index (χ1n) is 13.9. The molecule has 8 rings (SSSR count). The Hall–Kier alpha value is -5.22. The van der Waals surface area contributed by atoms with Crippen LogP contribution in [0.3, 0.4) is 0 Å². The van der Waals surface area contributed by atoms with Crippen molar-refractivity contribution in [2.24, 2.45) is 0 Å². The lowest BCUT2D eigenvalue weighted by molar-refractivity contribution is 0.471. The average Bonchev–Trinajstić information content (AvgIpc) is 3.33.